The molecule has 2 N–H and O–H groups in total. The lowest BCUT2D eigenvalue weighted by Crippen LogP contribution is -2.29. The lowest BCUT2D eigenvalue weighted by atomic mass is 10.0. The second-order valence-electron chi connectivity index (χ2n) is 7.17. The molecule has 0 spiro atoms. The van der Waals surface area contributed by atoms with Crippen LogP contribution in [-0.4, -0.2) is 15.8 Å². The quantitative estimate of drug-likeness (QED) is 0.901. The Bertz CT molecular complexity index is 488. The average molecular weight is 298 g/mol. The third kappa shape index (κ3) is 2.19. The van der Waals surface area contributed by atoms with Crippen LogP contribution >= 0.6 is 11.6 Å². The number of hydrogen-bond acceptors (Lipinski definition) is 2. The van der Waals surface area contributed by atoms with Crippen molar-refractivity contribution in [2.75, 3.05) is 0 Å². The topological polar surface area (TPSA) is 43.8 Å². The number of nitrogens with zero attached hydrogens (tertiary/aromatic N) is 2. The highest BCUT2D eigenvalue weighted by atomic mass is 35.5. The normalized spacial score (nSPS) is 22.0. The molecular weight excluding hydrogens is 270 g/mol. The second-order valence-corrected chi connectivity index (χ2v) is 7.54. The van der Waals surface area contributed by atoms with Gasteiger partial charge in [-0.05, 0) is 30.1 Å². The van der Waals surface area contributed by atoms with Crippen molar-refractivity contribution in [2.45, 2.75) is 67.0 Å². The Hall–Kier alpha value is -0.540. The molecule has 1 unspecified atom stereocenters. The molecule has 2 rings (SSSR count). The van der Waals surface area contributed by atoms with Crippen LogP contribution in [0.4, 0.5) is 0 Å². The van der Waals surface area contributed by atoms with Crippen molar-refractivity contribution < 1.29 is 0 Å². The summed E-state index contributed by atoms with van der Waals surface area (Å²) in [4.78, 5) is 0. The molecule has 1 aromatic heterocycles. The van der Waals surface area contributed by atoms with E-state index in [1.54, 1.807) is 0 Å². The predicted molar refractivity (Wildman–Crippen MR) is 85.0 cm³/mol. The van der Waals surface area contributed by atoms with E-state index in [-0.39, 0.29) is 6.04 Å². The van der Waals surface area contributed by atoms with Crippen LogP contribution in [0.1, 0.15) is 52.9 Å². The first-order valence-corrected chi connectivity index (χ1v) is 8.05. The molecule has 1 heterocycles. The lowest BCUT2D eigenvalue weighted by Gasteiger charge is -2.15. The number of aryl methyl sites for hydroxylation is 2. The van der Waals surface area contributed by atoms with Crippen LogP contribution in [0, 0.1) is 16.7 Å². The third-order valence-corrected chi connectivity index (χ3v) is 6.12. The SMILES string of the molecule is CCc1nn(CC)c(CC(N)C2C(C)(C)C2(C)C)c1Cl. The summed E-state index contributed by atoms with van der Waals surface area (Å²) >= 11 is 6.48. The van der Waals surface area contributed by atoms with E-state index in [9.17, 15) is 0 Å². The van der Waals surface area contributed by atoms with E-state index in [1.165, 1.54) is 0 Å². The minimum absolute atomic E-state index is 0.143. The standard InChI is InChI=1S/C16H28ClN3/c1-7-11-13(17)12(20(8-2)19-11)9-10(18)14-15(3,4)16(14,5)6/h10,14H,7-9,18H2,1-6H3. The zero-order valence-electron chi connectivity index (χ0n) is 13.6. The lowest BCUT2D eigenvalue weighted by molar-refractivity contribution is 0.457. The smallest absolute Gasteiger partial charge is 0.0850 e. The molecule has 4 heteroatoms. The zero-order chi connectivity index (χ0) is 15.3. The van der Waals surface area contributed by atoms with Crippen LogP contribution in [0.25, 0.3) is 0 Å². The maximum Gasteiger partial charge on any atom is 0.0850 e. The number of nitrogens with two attached hydrogens (primary N) is 1. The number of aromatic nitrogens is 2. The molecule has 1 atom stereocenters. The maximum atomic E-state index is 6.51. The fraction of sp³-hybridized carbons (Fsp3) is 0.812. The third-order valence-electron chi connectivity index (χ3n) is 5.68. The van der Waals surface area contributed by atoms with Crippen LogP contribution in [0.15, 0.2) is 0 Å². The largest absolute Gasteiger partial charge is 0.327 e. The van der Waals surface area contributed by atoms with Gasteiger partial charge in [0.25, 0.3) is 0 Å². The Morgan fingerprint density at radius 3 is 2.20 bits per heavy atom. The van der Waals surface area contributed by atoms with Crippen LogP contribution in [0.3, 0.4) is 0 Å². The molecule has 0 amide bonds. The van der Waals surface area contributed by atoms with Crippen molar-refractivity contribution in [3.8, 4) is 0 Å². The second kappa shape index (κ2) is 5.03. The molecule has 0 saturated heterocycles. The van der Waals surface area contributed by atoms with Gasteiger partial charge < -0.3 is 5.73 Å². The Kier molecular flexibility index (Phi) is 3.98. The molecule has 3 nitrogen and oxygen atoms in total. The fourth-order valence-corrected chi connectivity index (χ4v) is 4.22. The molecule has 20 heavy (non-hydrogen) atoms. The van der Waals surface area contributed by atoms with Gasteiger partial charge >= 0.3 is 0 Å². The van der Waals surface area contributed by atoms with Gasteiger partial charge in [0, 0.05) is 19.0 Å². The van der Waals surface area contributed by atoms with Crippen LogP contribution in [-0.2, 0) is 19.4 Å². The van der Waals surface area contributed by atoms with E-state index in [0.29, 0.717) is 16.7 Å². The van der Waals surface area contributed by atoms with Gasteiger partial charge in [-0.1, -0.05) is 46.2 Å². The first-order valence-electron chi connectivity index (χ1n) is 7.68. The van der Waals surface area contributed by atoms with Gasteiger partial charge in [-0.15, -0.1) is 0 Å². The summed E-state index contributed by atoms with van der Waals surface area (Å²) in [7, 11) is 0. The van der Waals surface area contributed by atoms with Gasteiger partial charge in [-0.3, -0.25) is 4.68 Å². The van der Waals surface area contributed by atoms with Crippen molar-refractivity contribution in [3.05, 3.63) is 16.4 Å². The maximum absolute atomic E-state index is 6.51. The van der Waals surface area contributed by atoms with Crippen LogP contribution in [0.2, 0.25) is 5.02 Å². The number of hydrogen-bond donors (Lipinski definition) is 1. The van der Waals surface area contributed by atoms with Crippen molar-refractivity contribution >= 4 is 11.6 Å². The van der Waals surface area contributed by atoms with Crippen molar-refractivity contribution in [2.24, 2.45) is 22.5 Å². The molecule has 0 aromatic carbocycles. The molecule has 1 fully saturated rings. The van der Waals surface area contributed by atoms with Gasteiger partial charge in [-0.25, -0.2) is 0 Å². The van der Waals surface area contributed by atoms with E-state index in [4.69, 9.17) is 17.3 Å². The number of halogens is 1. The first-order chi connectivity index (χ1) is 9.18. The molecule has 0 bridgehead atoms. The van der Waals surface area contributed by atoms with Gasteiger partial charge in [0.2, 0.25) is 0 Å². The number of rotatable bonds is 5. The summed E-state index contributed by atoms with van der Waals surface area (Å²) in [6.45, 7) is 14.3. The summed E-state index contributed by atoms with van der Waals surface area (Å²) < 4.78 is 2.02. The molecule has 1 aliphatic carbocycles. The molecule has 1 aliphatic rings. The fourth-order valence-electron chi connectivity index (χ4n) is 3.87. The van der Waals surface area contributed by atoms with Crippen molar-refractivity contribution in [1.29, 1.82) is 0 Å². The highest BCUT2D eigenvalue weighted by Crippen LogP contribution is 2.69. The molecular formula is C16H28ClN3. The summed E-state index contributed by atoms with van der Waals surface area (Å²) in [5.74, 6) is 0.538. The van der Waals surface area contributed by atoms with Crippen molar-refractivity contribution in [1.82, 2.24) is 9.78 Å². The highest BCUT2D eigenvalue weighted by Gasteiger charge is 2.66. The summed E-state index contributed by atoms with van der Waals surface area (Å²) in [5.41, 5.74) is 9.22. The Morgan fingerprint density at radius 2 is 1.80 bits per heavy atom. The van der Waals surface area contributed by atoms with Gasteiger partial charge in [0.1, 0.15) is 0 Å². The van der Waals surface area contributed by atoms with E-state index in [2.05, 4.69) is 46.6 Å². The zero-order valence-corrected chi connectivity index (χ0v) is 14.4. The van der Waals surface area contributed by atoms with Crippen molar-refractivity contribution in [3.63, 3.8) is 0 Å². The minimum atomic E-state index is 0.143. The van der Waals surface area contributed by atoms with E-state index < -0.39 is 0 Å². The molecule has 0 radical (unpaired) electrons. The van der Waals surface area contributed by atoms with E-state index >= 15 is 0 Å². The Balaban J connectivity index is 2.21. The van der Waals surface area contributed by atoms with Crippen LogP contribution in [0.5, 0.6) is 0 Å². The van der Waals surface area contributed by atoms with Gasteiger partial charge in [0.05, 0.1) is 16.4 Å². The monoisotopic (exact) mass is 297 g/mol. The molecule has 114 valence electrons. The molecule has 1 saturated carbocycles. The Morgan fingerprint density at radius 1 is 1.25 bits per heavy atom. The summed E-state index contributed by atoms with van der Waals surface area (Å²) in [6.07, 6.45) is 1.69. The Labute approximate surface area is 127 Å². The minimum Gasteiger partial charge on any atom is -0.327 e. The van der Waals surface area contributed by atoms with Crippen LogP contribution < -0.4 is 5.73 Å². The highest BCUT2D eigenvalue weighted by molar-refractivity contribution is 6.31. The van der Waals surface area contributed by atoms with Gasteiger partial charge in [-0.2, -0.15) is 5.10 Å². The molecule has 1 aromatic rings. The van der Waals surface area contributed by atoms with E-state index in [0.717, 1.165) is 35.8 Å². The molecule has 0 aliphatic heterocycles. The first kappa shape index (κ1) is 15.8. The average Bonchev–Trinajstić information content (AvgIpc) is 2.63. The van der Waals surface area contributed by atoms with Gasteiger partial charge in [0.15, 0.2) is 0 Å². The van der Waals surface area contributed by atoms with E-state index in [1.807, 2.05) is 4.68 Å². The predicted octanol–water partition coefficient (Wildman–Crippen LogP) is 3.67. The summed E-state index contributed by atoms with van der Waals surface area (Å²) in [6, 6.07) is 0.143. The summed E-state index contributed by atoms with van der Waals surface area (Å²) in [5, 5.41) is 5.40.